The molecule has 4 nitrogen and oxygen atoms in total. The topological polar surface area (TPSA) is 72.3 Å². The highest BCUT2D eigenvalue weighted by Crippen LogP contribution is 2.29. The fourth-order valence-corrected chi connectivity index (χ4v) is 2.34. The SMILES string of the molecule is CC1CCN(c2cccc(N)c2C(N)=O)CC1. The van der Waals surface area contributed by atoms with Gasteiger partial charge in [-0.25, -0.2) is 0 Å². The first-order chi connectivity index (χ1) is 8.09. The van der Waals surface area contributed by atoms with Gasteiger partial charge in [0, 0.05) is 18.8 Å². The summed E-state index contributed by atoms with van der Waals surface area (Å²) < 4.78 is 0. The maximum Gasteiger partial charge on any atom is 0.252 e. The van der Waals surface area contributed by atoms with E-state index < -0.39 is 5.91 Å². The minimum Gasteiger partial charge on any atom is -0.398 e. The standard InChI is InChI=1S/C13H19N3O/c1-9-5-7-16(8-6-9)11-4-2-3-10(14)12(11)13(15)17/h2-4,9H,5-8,14H2,1H3,(H2,15,17). The molecule has 1 aromatic carbocycles. The number of carbonyl (C=O) groups is 1. The van der Waals surface area contributed by atoms with Crippen molar-refractivity contribution in [2.75, 3.05) is 23.7 Å². The Morgan fingerprint density at radius 1 is 1.35 bits per heavy atom. The molecule has 1 aliphatic rings. The highest BCUT2D eigenvalue weighted by Gasteiger charge is 2.21. The zero-order valence-electron chi connectivity index (χ0n) is 10.1. The number of nitrogens with zero attached hydrogens (tertiary/aromatic N) is 1. The molecule has 1 aromatic rings. The zero-order chi connectivity index (χ0) is 12.4. The third-order valence-electron chi connectivity index (χ3n) is 3.45. The summed E-state index contributed by atoms with van der Waals surface area (Å²) in [5.74, 6) is 0.307. The van der Waals surface area contributed by atoms with Crippen molar-refractivity contribution in [3.05, 3.63) is 23.8 Å². The molecule has 1 heterocycles. The van der Waals surface area contributed by atoms with Gasteiger partial charge in [-0.3, -0.25) is 4.79 Å². The second kappa shape index (κ2) is 4.65. The number of hydrogen-bond acceptors (Lipinski definition) is 3. The normalized spacial score (nSPS) is 17.1. The summed E-state index contributed by atoms with van der Waals surface area (Å²) in [6.45, 7) is 4.18. The maximum atomic E-state index is 11.5. The van der Waals surface area contributed by atoms with E-state index in [2.05, 4.69) is 11.8 Å². The van der Waals surface area contributed by atoms with Gasteiger partial charge >= 0.3 is 0 Å². The smallest absolute Gasteiger partial charge is 0.252 e. The molecule has 1 saturated heterocycles. The Hall–Kier alpha value is -1.71. The van der Waals surface area contributed by atoms with Gasteiger partial charge < -0.3 is 16.4 Å². The lowest BCUT2D eigenvalue weighted by Crippen LogP contribution is -2.34. The number of nitrogens with two attached hydrogens (primary N) is 2. The van der Waals surface area contributed by atoms with E-state index in [4.69, 9.17) is 11.5 Å². The van der Waals surface area contributed by atoms with Crippen LogP contribution in [0.25, 0.3) is 0 Å². The molecule has 17 heavy (non-hydrogen) atoms. The van der Waals surface area contributed by atoms with Crippen LogP contribution in [0.3, 0.4) is 0 Å². The summed E-state index contributed by atoms with van der Waals surface area (Å²) in [5, 5.41) is 0. The number of carbonyl (C=O) groups excluding carboxylic acids is 1. The van der Waals surface area contributed by atoms with E-state index in [1.807, 2.05) is 12.1 Å². The summed E-state index contributed by atoms with van der Waals surface area (Å²) in [6.07, 6.45) is 2.29. The Labute approximate surface area is 102 Å². The van der Waals surface area contributed by atoms with E-state index in [9.17, 15) is 4.79 Å². The minimum absolute atomic E-state index is 0.447. The highest BCUT2D eigenvalue weighted by molar-refractivity contribution is 6.03. The summed E-state index contributed by atoms with van der Waals surface area (Å²) in [6, 6.07) is 5.51. The highest BCUT2D eigenvalue weighted by atomic mass is 16.1. The number of rotatable bonds is 2. The summed E-state index contributed by atoms with van der Waals surface area (Å²) in [7, 11) is 0. The van der Waals surface area contributed by atoms with Gasteiger partial charge in [-0.1, -0.05) is 13.0 Å². The van der Waals surface area contributed by atoms with Gasteiger partial charge in [-0.2, -0.15) is 0 Å². The molecule has 0 atom stereocenters. The van der Waals surface area contributed by atoms with Gasteiger partial charge in [0.2, 0.25) is 0 Å². The van der Waals surface area contributed by atoms with Crippen molar-refractivity contribution in [1.82, 2.24) is 0 Å². The largest absolute Gasteiger partial charge is 0.398 e. The predicted octanol–water partition coefficient (Wildman–Crippen LogP) is 1.60. The van der Waals surface area contributed by atoms with Crippen molar-refractivity contribution in [2.24, 2.45) is 11.7 Å². The molecule has 92 valence electrons. The van der Waals surface area contributed by atoms with Crippen LogP contribution < -0.4 is 16.4 Å². The molecule has 0 spiro atoms. The molecule has 1 aliphatic heterocycles. The van der Waals surface area contributed by atoms with Crippen LogP contribution >= 0.6 is 0 Å². The van der Waals surface area contributed by atoms with Crippen LogP contribution in [0.1, 0.15) is 30.1 Å². The molecule has 0 radical (unpaired) electrons. The number of anilines is 2. The van der Waals surface area contributed by atoms with Gasteiger partial charge in [-0.15, -0.1) is 0 Å². The fraction of sp³-hybridized carbons (Fsp3) is 0.462. The van der Waals surface area contributed by atoms with Crippen LogP contribution in [-0.2, 0) is 0 Å². The molecule has 0 unspecified atom stereocenters. The van der Waals surface area contributed by atoms with E-state index in [1.165, 1.54) is 0 Å². The van der Waals surface area contributed by atoms with Crippen LogP contribution in [0, 0.1) is 5.92 Å². The van der Waals surface area contributed by atoms with Crippen molar-refractivity contribution in [1.29, 1.82) is 0 Å². The van der Waals surface area contributed by atoms with Crippen LogP contribution in [0.5, 0.6) is 0 Å². The Balaban J connectivity index is 2.32. The Morgan fingerprint density at radius 2 is 2.00 bits per heavy atom. The van der Waals surface area contributed by atoms with Gasteiger partial charge in [-0.05, 0) is 30.9 Å². The first kappa shape index (κ1) is 11.8. The second-order valence-corrected chi connectivity index (χ2v) is 4.78. The quantitative estimate of drug-likeness (QED) is 0.762. The second-order valence-electron chi connectivity index (χ2n) is 4.78. The van der Waals surface area contributed by atoms with Crippen molar-refractivity contribution < 1.29 is 4.79 Å². The lowest BCUT2D eigenvalue weighted by atomic mass is 9.97. The Morgan fingerprint density at radius 3 is 2.59 bits per heavy atom. The molecule has 0 bridgehead atoms. The van der Waals surface area contributed by atoms with Crippen LogP contribution in [0.2, 0.25) is 0 Å². The van der Waals surface area contributed by atoms with E-state index in [0.717, 1.165) is 37.5 Å². The molecule has 1 amide bonds. The van der Waals surface area contributed by atoms with E-state index >= 15 is 0 Å². The van der Waals surface area contributed by atoms with E-state index in [1.54, 1.807) is 6.07 Å². The van der Waals surface area contributed by atoms with Crippen molar-refractivity contribution in [3.63, 3.8) is 0 Å². The lowest BCUT2D eigenvalue weighted by molar-refractivity contribution is 0.100. The number of piperidine rings is 1. The van der Waals surface area contributed by atoms with Gasteiger partial charge in [0.25, 0.3) is 5.91 Å². The van der Waals surface area contributed by atoms with Crippen molar-refractivity contribution >= 4 is 17.3 Å². The molecule has 2 rings (SSSR count). The monoisotopic (exact) mass is 233 g/mol. The van der Waals surface area contributed by atoms with Crippen molar-refractivity contribution in [3.8, 4) is 0 Å². The lowest BCUT2D eigenvalue weighted by Gasteiger charge is -2.33. The van der Waals surface area contributed by atoms with Gasteiger partial charge in [0.1, 0.15) is 0 Å². The van der Waals surface area contributed by atoms with Crippen LogP contribution in [-0.4, -0.2) is 19.0 Å². The number of amides is 1. The predicted molar refractivity (Wildman–Crippen MR) is 70.0 cm³/mol. The first-order valence-electron chi connectivity index (χ1n) is 6.03. The van der Waals surface area contributed by atoms with Crippen LogP contribution in [0.4, 0.5) is 11.4 Å². The fourth-order valence-electron chi connectivity index (χ4n) is 2.34. The summed E-state index contributed by atoms with van der Waals surface area (Å²) in [5.41, 5.74) is 13.0. The van der Waals surface area contributed by atoms with Gasteiger partial charge in [0.15, 0.2) is 0 Å². The van der Waals surface area contributed by atoms with E-state index in [0.29, 0.717) is 11.3 Å². The molecule has 0 aliphatic carbocycles. The number of benzene rings is 1. The Kier molecular flexibility index (Phi) is 3.22. The molecular weight excluding hydrogens is 214 g/mol. The Bertz CT molecular complexity index is 423. The third kappa shape index (κ3) is 2.35. The summed E-state index contributed by atoms with van der Waals surface area (Å²) >= 11 is 0. The molecule has 0 saturated carbocycles. The number of hydrogen-bond donors (Lipinski definition) is 2. The zero-order valence-corrected chi connectivity index (χ0v) is 10.1. The molecule has 4 heteroatoms. The van der Waals surface area contributed by atoms with Gasteiger partial charge in [0.05, 0.1) is 11.3 Å². The average molecular weight is 233 g/mol. The number of nitrogen functional groups attached to an aromatic ring is 1. The summed E-state index contributed by atoms with van der Waals surface area (Å²) in [4.78, 5) is 13.7. The molecule has 1 fully saturated rings. The molecule has 4 N–H and O–H groups in total. The first-order valence-corrected chi connectivity index (χ1v) is 6.03. The molecular formula is C13H19N3O. The minimum atomic E-state index is -0.447. The number of primary amides is 1. The third-order valence-corrected chi connectivity index (χ3v) is 3.45. The van der Waals surface area contributed by atoms with Crippen molar-refractivity contribution in [2.45, 2.75) is 19.8 Å². The van der Waals surface area contributed by atoms with E-state index in [-0.39, 0.29) is 0 Å². The maximum absolute atomic E-state index is 11.5. The molecule has 0 aromatic heterocycles. The average Bonchev–Trinajstić information content (AvgIpc) is 2.29. The van der Waals surface area contributed by atoms with Crippen LogP contribution in [0.15, 0.2) is 18.2 Å².